The maximum absolute atomic E-state index is 8.78. The summed E-state index contributed by atoms with van der Waals surface area (Å²) in [5.41, 5.74) is 0. The lowest BCUT2D eigenvalue weighted by atomic mass is 10.4. The van der Waals surface area contributed by atoms with E-state index in [-0.39, 0.29) is 6.61 Å². The highest BCUT2D eigenvalue weighted by atomic mass is 16.5. The molecule has 1 fully saturated rings. The third kappa shape index (κ3) is 3.28. The van der Waals surface area contributed by atoms with Crippen molar-refractivity contribution in [2.24, 2.45) is 0 Å². The van der Waals surface area contributed by atoms with Crippen LogP contribution < -0.4 is 10.2 Å². The molecule has 1 aromatic rings. The van der Waals surface area contributed by atoms with Gasteiger partial charge in [-0.2, -0.15) is 0 Å². The summed E-state index contributed by atoms with van der Waals surface area (Å²) < 4.78 is 5.31. The first kappa shape index (κ1) is 12.1. The second-order valence-corrected chi connectivity index (χ2v) is 3.91. The van der Waals surface area contributed by atoms with Crippen LogP contribution >= 0.6 is 0 Å². The van der Waals surface area contributed by atoms with E-state index < -0.39 is 0 Å². The summed E-state index contributed by atoms with van der Waals surface area (Å²) in [5, 5.41) is 11.8. The van der Waals surface area contributed by atoms with Gasteiger partial charge in [0.2, 0.25) is 0 Å². The molecule has 94 valence electrons. The summed E-state index contributed by atoms with van der Waals surface area (Å²) in [6.07, 6.45) is 0. The molecule has 0 radical (unpaired) electrons. The molecule has 0 amide bonds. The van der Waals surface area contributed by atoms with Gasteiger partial charge in [0.15, 0.2) is 0 Å². The Bertz CT molecular complexity index is 366. The van der Waals surface area contributed by atoms with Gasteiger partial charge in [-0.1, -0.05) is 0 Å². The quantitative estimate of drug-likeness (QED) is 0.771. The molecule has 2 rings (SSSR count). The second kappa shape index (κ2) is 5.79. The van der Waals surface area contributed by atoms with Gasteiger partial charge in [0.25, 0.3) is 0 Å². The van der Waals surface area contributed by atoms with Gasteiger partial charge < -0.3 is 20.1 Å². The van der Waals surface area contributed by atoms with Crippen molar-refractivity contribution >= 4 is 11.6 Å². The monoisotopic (exact) mass is 238 g/mol. The molecule has 2 N–H and O–H groups in total. The number of rotatable bonds is 4. The van der Waals surface area contributed by atoms with Crippen molar-refractivity contribution in [2.45, 2.75) is 6.92 Å². The minimum atomic E-state index is 0.0932. The van der Waals surface area contributed by atoms with Crippen LogP contribution in [0.15, 0.2) is 6.07 Å². The zero-order valence-electron chi connectivity index (χ0n) is 10.0. The average molecular weight is 238 g/mol. The molecular formula is C11H18N4O2. The summed E-state index contributed by atoms with van der Waals surface area (Å²) in [7, 11) is 0. The summed E-state index contributed by atoms with van der Waals surface area (Å²) >= 11 is 0. The highest BCUT2D eigenvalue weighted by Crippen LogP contribution is 2.16. The Morgan fingerprint density at radius 2 is 2.18 bits per heavy atom. The van der Waals surface area contributed by atoms with Gasteiger partial charge in [0.05, 0.1) is 19.8 Å². The summed E-state index contributed by atoms with van der Waals surface area (Å²) in [4.78, 5) is 10.9. The molecule has 0 bridgehead atoms. The largest absolute Gasteiger partial charge is 0.395 e. The molecule has 6 heteroatoms. The van der Waals surface area contributed by atoms with Crippen LogP contribution in [0.4, 0.5) is 11.6 Å². The molecule has 1 aliphatic rings. The fraction of sp³-hybridized carbons (Fsp3) is 0.636. The Morgan fingerprint density at radius 1 is 1.41 bits per heavy atom. The first-order valence-electron chi connectivity index (χ1n) is 5.82. The maximum atomic E-state index is 8.78. The van der Waals surface area contributed by atoms with Gasteiger partial charge >= 0.3 is 0 Å². The van der Waals surface area contributed by atoms with Gasteiger partial charge in [-0.3, -0.25) is 0 Å². The SMILES string of the molecule is Cc1nc(NCCO)cc(N2CCOCC2)n1. The molecule has 1 aromatic heterocycles. The Labute approximate surface area is 101 Å². The lowest BCUT2D eigenvalue weighted by Gasteiger charge is -2.28. The van der Waals surface area contributed by atoms with Crippen LogP contribution in [-0.2, 0) is 4.74 Å². The van der Waals surface area contributed by atoms with Crippen LogP contribution in [0.1, 0.15) is 5.82 Å². The maximum Gasteiger partial charge on any atom is 0.134 e. The summed E-state index contributed by atoms with van der Waals surface area (Å²) in [5.74, 6) is 2.41. The van der Waals surface area contributed by atoms with Crippen molar-refractivity contribution in [2.75, 3.05) is 49.7 Å². The van der Waals surface area contributed by atoms with Crippen LogP contribution in [-0.4, -0.2) is 54.5 Å². The number of hydrogen-bond acceptors (Lipinski definition) is 6. The van der Waals surface area contributed by atoms with E-state index in [1.54, 1.807) is 0 Å². The van der Waals surface area contributed by atoms with Gasteiger partial charge in [-0.25, -0.2) is 9.97 Å². The highest BCUT2D eigenvalue weighted by molar-refractivity contribution is 5.49. The van der Waals surface area contributed by atoms with E-state index in [1.165, 1.54) is 0 Å². The van der Waals surface area contributed by atoms with E-state index in [0.717, 1.165) is 43.8 Å². The minimum Gasteiger partial charge on any atom is -0.395 e. The molecule has 0 atom stereocenters. The normalized spacial score (nSPS) is 16.0. The Hall–Kier alpha value is -1.40. The van der Waals surface area contributed by atoms with Gasteiger partial charge in [-0.05, 0) is 6.92 Å². The molecular weight excluding hydrogens is 220 g/mol. The molecule has 1 saturated heterocycles. The Morgan fingerprint density at radius 3 is 2.88 bits per heavy atom. The van der Waals surface area contributed by atoms with Crippen molar-refractivity contribution in [3.63, 3.8) is 0 Å². The molecule has 0 aliphatic carbocycles. The zero-order valence-corrected chi connectivity index (χ0v) is 10.0. The smallest absolute Gasteiger partial charge is 0.134 e. The van der Waals surface area contributed by atoms with Crippen molar-refractivity contribution in [1.82, 2.24) is 9.97 Å². The van der Waals surface area contributed by atoms with E-state index in [0.29, 0.717) is 6.54 Å². The molecule has 2 heterocycles. The number of anilines is 2. The molecule has 0 spiro atoms. The number of hydrogen-bond donors (Lipinski definition) is 2. The molecule has 0 saturated carbocycles. The first-order chi connectivity index (χ1) is 8.29. The third-order valence-corrected chi connectivity index (χ3v) is 2.58. The van der Waals surface area contributed by atoms with Crippen molar-refractivity contribution < 1.29 is 9.84 Å². The predicted octanol–water partition coefficient (Wildman–Crippen LogP) is 0.0258. The van der Waals surface area contributed by atoms with Crippen LogP contribution in [0.25, 0.3) is 0 Å². The minimum absolute atomic E-state index is 0.0932. The number of aliphatic hydroxyl groups excluding tert-OH is 1. The molecule has 17 heavy (non-hydrogen) atoms. The predicted molar refractivity (Wildman–Crippen MR) is 65.4 cm³/mol. The number of nitrogens with zero attached hydrogens (tertiary/aromatic N) is 3. The number of aryl methyl sites for hydroxylation is 1. The molecule has 6 nitrogen and oxygen atoms in total. The Kier molecular flexibility index (Phi) is 4.11. The average Bonchev–Trinajstić information content (AvgIpc) is 2.37. The van der Waals surface area contributed by atoms with Gasteiger partial charge in [0.1, 0.15) is 17.5 Å². The van der Waals surface area contributed by atoms with Crippen molar-refractivity contribution in [3.8, 4) is 0 Å². The fourth-order valence-electron chi connectivity index (χ4n) is 1.78. The second-order valence-electron chi connectivity index (χ2n) is 3.91. The lowest BCUT2D eigenvalue weighted by Crippen LogP contribution is -2.37. The van der Waals surface area contributed by atoms with E-state index in [9.17, 15) is 0 Å². The van der Waals surface area contributed by atoms with Crippen LogP contribution in [0.2, 0.25) is 0 Å². The first-order valence-corrected chi connectivity index (χ1v) is 5.82. The van der Waals surface area contributed by atoms with E-state index in [1.807, 2.05) is 13.0 Å². The molecule has 1 aliphatic heterocycles. The zero-order chi connectivity index (χ0) is 12.1. The molecule has 0 unspecified atom stereocenters. The Balaban J connectivity index is 2.12. The van der Waals surface area contributed by atoms with Crippen LogP contribution in [0.5, 0.6) is 0 Å². The van der Waals surface area contributed by atoms with E-state index in [4.69, 9.17) is 9.84 Å². The third-order valence-electron chi connectivity index (χ3n) is 2.58. The van der Waals surface area contributed by atoms with Crippen molar-refractivity contribution in [1.29, 1.82) is 0 Å². The van der Waals surface area contributed by atoms with Crippen LogP contribution in [0.3, 0.4) is 0 Å². The standard InChI is InChI=1S/C11H18N4O2/c1-9-13-10(12-2-5-16)8-11(14-9)15-3-6-17-7-4-15/h8,16H,2-7H2,1H3,(H,12,13,14). The number of ether oxygens (including phenoxy) is 1. The van der Waals surface area contributed by atoms with Gasteiger partial charge in [-0.15, -0.1) is 0 Å². The lowest BCUT2D eigenvalue weighted by molar-refractivity contribution is 0.122. The number of aromatic nitrogens is 2. The highest BCUT2D eigenvalue weighted by Gasteiger charge is 2.13. The van der Waals surface area contributed by atoms with E-state index in [2.05, 4.69) is 20.2 Å². The number of nitrogens with one attached hydrogen (secondary N) is 1. The summed E-state index contributed by atoms with van der Waals surface area (Å²) in [6, 6.07) is 1.91. The summed E-state index contributed by atoms with van der Waals surface area (Å²) in [6.45, 7) is 5.65. The topological polar surface area (TPSA) is 70.5 Å². The van der Waals surface area contributed by atoms with Crippen molar-refractivity contribution in [3.05, 3.63) is 11.9 Å². The fourth-order valence-corrected chi connectivity index (χ4v) is 1.78. The van der Waals surface area contributed by atoms with Gasteiger partial charge in [0, 0.05) is 25.7 Å². The molecule has 0 aromatic carbocycles. The van der Waals surface area contributed by atoms with E-state index >= 15 is 0 Å². The van der Waals surface area contributed by atoms with Crippen LogP contribution in [0, 0.1) is 6.92 Å². The number of morpholine rings is 1. The number of aliphatic hydroxyl groups is 1.